The SMILES string of the molecule is Cc1ccc(C(=O)Nc2cc(Cn3ccnc3)cc(C(F)(F)F)c2)cc1C#Cc1cncnc1. The van der Waals surface area contributed by atoms with Gasteiger partial charge in [-0.05, 0) is 48.4 Å². The molecule has 6 nitrogen and oxygen atoms in total. The highest BCUT2D eigenvalue weighted by Crippen LogP contribution is 2.32. The lowest BCUT2D eigenvalue weighted by Gasteiger charge is -2.14. The molecule has 34 heavy (non-hydrogen) atoms. The summed E-state index contributed by atoms with van der Waals surface area (Å²) < 4.78 is 42.0. The van der Waals surface area contributed by atoms with Gasteiger partial charge in [-0.15, -0.1) is 0 Å². The molecule has 0 aliphatic carbocycles. The molecule has 170 valence electrons. The summed E-state index contributed by atoms with van der Waals surface area (Å²) in [4.78, 5) is 24.6. The molecule has 0 fully saturated rings. The second-order valence-corrected chi connectivity index (χ2v) is 7.51. The second-order valence-electron chi connectivity index (χ2n) is 7.51. The zero-order valence-electron chi connectivity index (χ0n) is 18.0. The second kappa shape index (κ2) is 9.58. The normalized spacial score (nSPS) is 10.9. The number of alkyl halides is 3. The Morgan fingerprint density at radius 2 is 1.85 bits per heavy atom. The molecule has 9 heteroatoms. The Morgan fingerprint density at radius 1 is 1.06 bits per heavy atom. The number of aryl methyl sites for hydroxylation is 1. The summed E-state index contributed by atoms with van der Waals surface area (Å²) in [5.41, 5.74) is 1.93. The lowest BCUT2D eigenvalue weighted by molar-refractivity contribution is -0.137. The summed E-state index contributed by atoms with van der Waals surface area (Å²) in [6.45, 7) is 2.03. The molecule has 0 saturated heterocycles. The number of hydrogen-bond acceptors (Lipinski definition) is 4. The van der Waals surface area contributed by atoms with Gasteiger partial charge in [-0.3, -0.25) is 4.79 Å². The number of benzene rings is 2. The summed E-state index contributed by atoms with van der Waals surface area (Å²) in [5, 5.41) is 2.58. The predicted octanol–water partition coefficient (Wildman–Crippen LogP) is 4.70. The van der Waals surface area contributed by atoms with E-state index >= 15 is 0 Å². The molecule has 4 rings (SSSR count). The van der Waals surface area contributed by atoms with E-state index in [1.165, 1.54) is 18.7 Å². The Bertz CT molecular complexity index is 1370. The van der Waals surface area contributed by atoms with Gasteiger partial charge in [-0.25, -0.2) is 15.0 Å². The number of hydrogen-bond donors (Lipinski definition) is 1. The van der Waals surface area contributed by atoms with E-state index in [1.54, 1.807) is 47.6 Å². The lowest BCUT2D eigenvalue weighted by atomic mass is 10.0. The number of nitrogens with zero attached hydrogens (tertiary/aromatic N) is 4. The fourth-order valence-corrected chi connectivity index (χ4v) is 3.21. The minimum absolute atomic E-state index is 0.0459. The first-order valence-electron chi connectivity index (χ1n) is 10.1. The maximum atomic E-state index is 13.5. The highest BCUT2D eigenvalue weighted by atomic mass is 19.4. The molecule has 1 amide bonds. The van der Waals surface area contributed by atoms with Gasteiger partial charge in [-0.2, -0.15) is 13.2 Å². The average Bonchev–Trinajstić information content (AvgIpc) is 3.31. The van der Waals surface area contributed by atoms with Crippen LogP contribution in [0, 0.1) is 18.8 Å². The molecule has 2 heterocycles. The molecule has 0 bridgehead atoms. The van der Waals surface area contributed by atoms with Gasteiger partial charge >= 0.3 is 6.18 Å². The van der Waals surface area contributed by atoms with Crippen LogP contribution in [0.2, 0.25) is 0 Å². The van der Waals surface area contributed by atoms with Crippen LogP contribution in [-0.4, -0.2) is 25.4 Å². The number of aromatic nitrogens is 4. The van der Waals surface area contributed by atoms with Crippen molar-refractivity contribution in [1.82, 2.24) is 19.5 Å². The van der Waals surface area contributed by atoms with Crippen LogP contribution < -0.4 is 5.32 Å². The quantitative estimate of drug-likeness (QED) is 0.447. The highest BCUT2D eigenvalue weighted by Gasteiger charge is 2.31. The lowest BCUT2D eigenvalue weighted by Crippen LogP contribution is -2.14. The van der Waals surface area contributed by atoms with Gasteiger partial charge in [0.1, 0.15) is 6.33 Å². The van der Waals surface area contributed by atoms with Gasteiger partial charge in [0.05, 0.1) is 17.5 Å². The Labute approximate surface area is 193 Å². The van der Waals surface area contributed by atoms with Crippen molar-refractivity contribution in [3.8, 4) is 11.8 Å². The molecule has 0 unspecified atom stereocenters. The molecular weight excluding hydrogens is 443 g/mol. The standard InChI is InChI=1S/C25H18F3N5O/c1-17-2-4-21(10-20(17)5-3-18-12-30-15-31-13-18)24(34)32-23-9-19(14-33-7-6-29-16-33)8-22(11-23)25(26,27)28/h2,4,6-13,15-16H,14H2,1H3,(H,32,34). The van der Waals surface area contributed by atoms with Crippen LogP contribution >= 0.6 is 0 Å². The van der Waals surface area contributed by atoms with Gasteiger partial charge in [0.15, 0.2) is 0 Å². The number of anilines is 1. The first-order valence-corrected chi connectivity index (χ1v) is 10.1. The molecule has 0 spiro atoms. The third kappa shape index (κ3) is 5.66. The highest BCUT2D eigenvalue weighted by molar-refractivity contribution is 6.04. The smallest absolute Gasteiger partial charge is 0.333 e. The van der Waals surface area contributed by atoms with Crippen LogP contribution in [0.3, 0.4) is 0 Å². The first-order chi connectivity index (χ1) is 16.3. The van der Waals surface area contributed by atoms with E-state index in [4.69, 9.17) is 0 Å². The Balaban J connectivity index is 1.60. The van der Waals surface area contributed by atoms with Crippen molar-refractivity contribution in [1.29, 1.82) is 0 Å². The number of carbonyl (C=O) groups excluding carboxylic acids is 1. The predicted molar refractivity (Wildman–Crippen MR) is 120 cm³/mol. The minimum Gasteiger partial charge on any atom is -0.333 e. The average molecular weight is 461 g/mol. The van der Waals surface area contributed by atoms with Crippen LogP contribution in [0.15, 0.2) is 73.8 Å². The number of amides is 1. The first kappa shape index (κ1) is 22.7. The Hall–Kier alpha value is -4.45. The maximum absolute atomic E-state index is 13.5. The van der Waals surface area contributed by atoms with Gasteiger partial charge in [0.2, 0.25) is 0 Å². The molecule has 0 atom stereocenters. The largest absolute Gasteiger partial charge is 0.416 e. The molecule has 4 aromatic rings. The number of imidazole rings is 1. The maximum Gasteiger partial charge on any atom is 0.416 e. The summed E-state index contributed by atoms with van der Waals surface area (Å²) in [6.07, 6.45) is 4.68. The monoisotopic (exact) mass is 461 g/mol. The van der Waals surface area contributed by atoms with Crippen LogP contribution in [0.1, 0.15) is 38.2 Å². The molecule has 1 N–H and O–H groups in total. The zero-order chi connectivity index (χ0) is 24.1. The summed E-state index contributed by atoms with van der Waals surface area (Å²) in [7, 11) is 0. The molecule has 2 aromatic carbocycles. The van der Waals surface area contributed by atoms with Gasteiger partial charge in [0.25, 0.3) is 5.91 Å². The van der Waals surface area contributed by atoms with Gasteiger partial charge in [-0.1, -0.05) is 17.9 Å². The van der Waals surface area contributed by atoms with E-state index in [2.05, 4.69) is 32.1 Å². The van der Waals surface area contributed by atoms with E-state index < -0.39 is 17.6 Å². The van der Waals surface area contributed by atoms with Gasteiger partial charge < -0.3 is 9.88 Å². The Morgan fingerprint density at radius 3 is 2.56 bits per heavy atom. The molecule has 2 aromatic heterocycles. The minimum atomic E-state index is -4.56. The van der Waals surface area contributed by atoms with Crippen molar-refractivity contribution < 1.29 is 18.0 Å². The summed E-state index contributed by atoms with van der Waals surface area (Å²) in [6, 6.07) is 8.42. The van der Waals surface area contributed by atoms with E-state index in [9.17, 15) is 18.0 Å². The number of halogens is 3. The molecule has 0 aliphatic rings. The third-order valence-corrected chi connectivity index (χ3v) is 4.90. The molecular formula is C25H18F3N5O. The van der Waals surface area contributed by atoms with E-state index in [-0.39, 0.29) is 17.8 Å². The van der Waals surface area contributed by atoms with E-state index in [0.717, 1.165) is 17.7 Å². The van der Waals surface area contributed by atoms with Crippen molar-refractivity contribution >= 4 is 11.6 Å². The summed E-state index contributed by atoms with van der Waals surface area (Å²) >= 11 is 0. The molecule has 0 saturated carbocycles. The van der Waals surface area contributed by atoms with Crippen molar-refractivity contribution in [3.05, 3.63) is 107 Å². The zero-order valence-corrected chi connectivity index (χ0v) is 18.0. The topological polar surface area (TPSA) is 72.7 Å². The number of carbonyl (C=O) groups is 1. The van der Waals surface area contributed by atoms with Crippen molar-refractivity contribution in [3.63, 3.8) is 0 Å². The van der Waals surface area contributed by atoms with E-state index in [0.29, 0.717) is 16.7 Å². The van der Waals surface area contributed by atoms with Crippen LogP contribution in [0.25, 0.3) is 0 Å². The van der Waals surface area contributed by atoms with Crippen molar-refractivity contribution in [2.75, 3.05) is 5.32 Å². The third-order valence-electron chi connectivity index (χ3n) is 4.90. The Kier molecular flexibility index (Phi) is 6.41. The van der Waals surface area contributed by atoms with Crippen LogP contribution in [0.5, 0.6) is 0 Å². The fourth-order valence-electron chi connectivity index (χ4n) is 3.21. The molecule has 0 aliphatic heterocycles. The van der Waals surface area contributed by atoms with Gasteiger partial charge in [0, 0.05) is 48.1 Å². The van der Waals surface area contributed by atoms with Crippen molar-refractivity contribution in [2.45, 2.75) is 19.6 Å². The number of rotatable bonds is 4. The molecule has 0 radical (unpaired) electrons. The van der Waals surface area contributed by atoms with E-state index in [1.807, 2.05) is 6.92 Å². The number of nitrogens with one attached hydrogen (secondary N) is 1. The van der Waals surface area contributed by atoms with Crippen molar-refractivity contribution in [2.24, 2.45) is 0 Å². The summed E-state index contributed by atoms with van der Waals surface area (Å²) in [5.74, 6) is 5.37. The van der Waals surface area contributed by atoms with Crippen LogP contribution in [0.4, 0.5) is 18.9 Å². The van der Waals surface area contributed by atoms with Crippen LogP contribution in [-0.2, 0) is 12.7 Å². The fraction of sp³-hybridized carbons (Fsp3) is 0.120.